The van der Waals surface area contributed by atoms with Crippen LogP contribution in [-0.2, 0) is 11.2 Å². The monoisotopic (exact) mass is 300 g/mol. The molecule has 112 valence electrons. The Morgan fingerprint density at radius 3 is 2.75 bits per heavy atom. The Balaban J connectivity index is 0.00000200. The number of hydrogen-bond donors (Lipinski definition) is 1. The van der Waals surface area contributed by atoms with E-state index in [0.717, 1.165) is 31.5 Å². The molecular weight excluding hydrogens is 279 g/mol. The van der Waals surface area contributed by atoms with Gasteiger partial charge in [-0.05, 0) is 44.0 Å². The molecule has 1 aromatic rings. The van der Waals surface area contributed by atoms with Gasteiger partial charge in [0, 0.05) is 25.6 Å². The molecule has 0 saturated carbocycles. The molecule has 1 unspecified atom stereocenters. The van der Waals surface area contributed by atoms with Crippen molar-refractivity contribution in [2.24, 2.45) is 0 Å². The number of carbonyl (C=O) groups excluding carboxylic acids is 1. The SMILES string of the molecule is CNCC1CCCN1C(=O)CCc1ccc(F)cc1.Cl. The fourth-order valence-electron chi connectivity index (χ4n) is 2.66. The summed E-state index contributed by atoms with van der Waals surface area (Å²) in [5.41, 5.74) is 1.01. The van der Waals surface area contributed by atoms with Crippen molar-refractivity contribution in [2.45, 2.75) is 31.7 Å². The molecule has 1 heterocycles. The molecule has 1 amide bonds. The van der Waals surface area contributed by atoms with Crippen molar-refractivity contribution in [2.75, 3.05) is 20.1 Å². The number of rotatable bonds is 5. The second-order valence-corrected chi connectivity index (χ2v) is 5.07. The van der Waals surface area contributed by atoms with Crippen LogP contribution in [0.2, 0.25) is 0 Å². The molecule has 1 fully saturated rings. The molecule has 20 heavy (non-hydrogen) atoms. The highest BCUT2D eigenvalue weighted by Crippen LogP contribution is 2.18. The summed E-state index contributed by atoms with van der Waals surface area (Å²) in [7, 11) is 1.92. The normalized spacial score (nSPS) is 17.9. The van der Waals surface area contributed by atoms with Crippen molar-refractivity contribution in [3.05, 3.63) is 35.6 Å². The Morgan fingerprint density at radius 1 is 1.40 bits per heavy atom. The number of likely N-dealkylation sites (N-methyl/N-ethyl adjacent to an activating group) is 1. The van der Waals surface area contributed by atoms with Gasteiger partial charge in [0.05, 0.1) is 0 Å². The lowest BCUT2D eigenvalue weighted by Crippen LogP contribution is -2.40. The minimum Gasteiger partial charge on any atom is -0.338 e. The molecule has 0 aromatic heterocycles. The molecule has 3 nitrogen and oxygen atoms in total. The van der Waals surface area contributed by atoms with Crippen LogP contribution >= 0.6 is 12.4 Å². The van der Waals surface area contributed by atoms with E-state index in [0.29, 0.717) is 18.9 Å². The van der Waals surface area contributed by atoms with Gasteiger partial charge < -0.3 is 10.2 Å². The maximum Gasteiger partial charge on any atom is 0.223 e. The Kier molecular flexibility index (Phi) is 6.96. The van der Waals surface area contributed by atoms with Crippen LogP contribution in [0.3, 0.4) is 0 Å². The van der Waals surface area contributed by atoms with Gasteiger partial charge in [0.1, 0.15) is 5.82 Å². The molecule has 1 atom stereocenters. The smallest absolute Gasteiger partial charge is 0.223 e. The fraction of sp³-hybridized carbons (Fsp3) is 0.533. The standard InChI is InChI=1S/C15H21FN2O.ClH/c1-17-11-14-3-2-10-18(14)15(19)9-6-12-4-7-13(16)8-5-12;/h4-5,7-8,14,17H,2-3,6,9-11H2,1H3;1H. The lowest BCUT2D eigenvalue weighted by molar-refractivity contribution is -0.131. The van der Waals surface area contributed by atoms with Crippen molar-refractivity contribution in [1.82, 2.24) is 10.2 Å². The zero-order valence-corrected chi connectivity index (χ0v) is 12.6. The summed E-state index contributed by atoms with van der Waals surface area (Å²) in [5.74, 6) is -0.0224. The Bertz CT molecular complexity index is 424. The van der Waals surface area contributed by atoms with Gasteiger partial charge in [-0.2, -0.15) is 0 Å². The maximum absolute atomic E-state index is 12.8. The average molecular weight is 301 g/mol. The molecule has 5 heteroatoms. The predicted octanol–water partition coefficient (Wildman–Crippen LogP) is 2.39. The maximum atomic E-state index is 12.8. The number of hydrogen-bond acceptors (Lipinski definition) is 2. The van der Waals surface area contributed by atoms with E-state index in [1.54, 1.807) is 12.1 Å². The summed E-state index contributed by atoms with van der Waals surface area (Å²) in [6.07, 6.45) is 3.37. The lowest BCUT2D eigenvalue weighted by Gasteiger charge is -2.24. The van der Waals surface area contributed by atoms with E-state index in [4.69, 9.17) is 0 Å². The molecule has 1 aliphatic rings. The van der Waals surface area contributed by atoms with Gasteiger partial charge in [0.2, 0.25) is 5.91 Å². The topological polar surface area (TPSA) is 32.3 Å². The highest BCUT2D eigenvalue weighted by molar-refractivity contribution is 5.85. The van der Waals surface area contributed by atoms with Crippen LogP contribution in [0.15, 0.2) is 24.3 Å². The van der Waals surface area contributed by atoms with Crippen LogP contribution in [-0.4, -0.2) is 37.0 Å². The zero-order chi connectivity index (χ0) is 13.7. The number of halogens is 2. The van der Waals surface area contributed by atoms with Crippen LogP contribution in [0.25, 0.3) is 0 Å². The van der Waals surface area contributed by atoms with Crippen molar-refractivity contribution in [3.63, 3.8) is 0 Å². The van der Waals surface area contributed by atoms with Gasteiger partial charge in [0.15, 0.2) is 0 Å². The number of benzene rings is 1. The van der Waals surface area contributed by atoms with Crippen LogP contribution in [0.4, 0.5) is 4.39 Å². The number of amides is 1. The van der Waals surface area contributed by atoms with Crippen LogP contribution in [0, 0.1) is 5.82 Å². The van der Waals surface area contributed by atoms with Crippen molar-refractivity contribution in [1.29, 1.82) is 0 Å². The van der Waals surface area contributed by atoms with Gasteiger partial charge in [-0.1, -0.05) is 12.1 Å². The summed E-state index contributed by atoms with van der Waals surface area (Å²) in [6.45, 7) is 1.73. The third-order valence-electron chi connectivity index (χ3n) is 3.68. The third-order valence-corrected chi connectivity index (χ3v) is 3.68. The first kappa shape index (κ1) is 16.9. The summed E-state index contributed by atoms with van der Waals surface area (Å²) >= 11 is 0. The van der Waals surface area contributed by atoms with E-state index in [2.05, 4.69) is 5.32 Å². The predicted molar refractivity (Wildman–Crippen MR) is 80.6 cm³/mol. The molecule has 0 bridgehead atoms. The molecule has 2 rings (SSSR count). The second-order valence-electron chi connectivity index (χ2n) is 5.07. The van der Waals surface area contributed by atoms with E-state index in [1.807, 2.05) is 11.9 Å². The first-order valence-electron chi connectivity index (χ1n) is 6.89. The number of aryl methyl sites for hydroxylation is 1. The first-order chi connectivity index (χ1) is 9.20. The Labute approximate surface area is 125 Å². The largest absolute Gasteiger partial charge is 0.338 e. The van der Waals surface area contributed by atoms with E-state index in [1.165, 1.54) is 12.1 Å². The van der Waals surface area contributed by atoms with E-state index in [9.17, 15) is 9.18 Å². The van der Waals surface area contributed by atoms with Crippen molar-refractivity contribution >= 4 is 18.3 Å². The molecular formula is C15H22ClFN2O. The molecule has 1 saturated heterocycles. The number of likely N-dealkylation sites (tertiary alicyclic amines) is 1. The van der Waals surface area contributed by atoms with E-state index in [-0.39, 0.29) is 24.1 Å². The highest BCUT2D eigenvalue weighted by atomic mass is 35.5. The number of nitrogens with one attached hydrogen (secondary N) is 1. The first-order valence-corrected chi connectivity index (χ1v) is 6.89. The van der Waals surface area contributed by atoms with Gasteiger partial charge in [-0.25, -0.2) is 4.39 Å². The van der Waals surface area contributed by atoms with Gasteiger partial charge in [-0.15, -0.1) is 12.4 Å². The second kappa shape index (κ2) is 8.22. The zero-order valence-electron chi connectivity index (χ0n) is 11.8. The fourth-order valence-corrected chi connectivity index (χ4v) is 2.66. The number of nitrogens with zero attached hydrogens (tertiary/aromatic N) is 1. The molecule has 1 aromatic carbocycles. The van der Waals surface area contributed by atoms with Crippen molar-refractivity contribution in [3.8, 4) is 0 Å². The van der Waals surface area contributed by atoms with Crippen LogP contribution < -0.4 is 5.32 Å². The van der Waals surface area contributed by atoms with Crippen molar-refractivity contribution < 1.29 is 9.18 Å². The van der Waals surface area contributed by atoms with Crippen LogP contribution in [0.1, 0.15) is 24.8 Å². The average Bonchev–Trinajstić information content (AvgIpc) is 2.86. The third kappa shape index (κ3) is 4.46. The minimum atomic E-state index is -0.233. The molecule has 0 radical (unpaired) electrons. The summed E-state index contributed by atoms with van der Waals surface area (Å²) in [5, 5.41) is 3.14. The summed E-state index contributed by atoms with van der Waals surface area (Å²) in [6, 6.07) is 6.72. The number of carbonyl (C=O) groups is 1. The summed E-state index contributed by atoms with van der Waals surface area (Å²) < 4.78 is 12.8. The lowest BCUT2D eigenvalue weighted by atomic mass is 10.1. The minimum absolute atomic E-state index is 0. The molecule has 1 N–H and O–H groups in total. The Morgan fingerprint density at radius 2 is 2.10 bits per heavy atom. The van der Waals surface area contributed by atoms with Gasteiger partial charge in [0.25, 0.3) is 0 Å². The van der Waals surface area contributed by atoms with Crippen LogP contribution in [0.5, 0.6) is 0 Å². The highest BCUT2D eigenvalue weighted by Gasteiger charge is 2.27. The molecule has 0 spiro atoms. The summed E-state index contributed by atoms with van der Waals surface area (Å²) in [4.78, 5) is 14.2. The quantitative estimate of drug-likeness (QED) is 0.905. The molecule has 1 aliphatic heterocycles. The van der Waals surface area contributed by atoms with Gasteiger partial charge >= 0.3 is 0 Å². The van der Waals surface area contributed by atoms with Gasteiger partial charge in [-0.3, -0.25) is 4.79 Å². The Hall–Kier alpha value is -1.13. The van der Waals surface area contributed by atoms with E-state index >= 15 is 0 Å². The van der Waals surface area contributed by atoms with E-state index < -0.39 is 0 Å². The molecule has 0 aliphatic carbocycles.